The molecule has 2 N–H and O–H groups in total. The Hall–Kier alpha value is -2.05. The van der Waals surface area contributed by atoms with Gasteiger partial charge in [-0.1, -0.05) is 51.8 Å². The van der Waals surface area contributed by atoms with Crippen molar-refractivity contribution < 1.29 is 19.4 Å². The van der Waals surface area contributed by atoms with Gasteiger partial charge >= 0.3 is 12.1 Å². The van der Waals surface area contributed by atoms with Crippen LogP contribution in [0.3, 0.4) is 0 Å². The van der Waals surface area contributed by atoms with Crippen LogP contribution in [0.15, 0.2) is 46.9 Å². The molecule has 7 heteroatoms. The van der Waals surface area contributed by atoms with Crippen molar-refractivity contribution in [2.24, 2.45) is 0 Å². The van der Waals surface area contributed by atoms with E-state index in [1.807, 2.05) is 36.4 Å². The Morgan fingerprint density at radius 3 is 2.37 bits per heavy atom. The average molecular weight is 455 g/mol. The molecular formula is C20H21BrClNO4. The van der Waals surface area contributed by atoms with Gasteiger partial charge in [0.25, 0.3) is 0 Å². The molecule has 0 aliphatic carbocycles. The lowest BCUT2D eigenvalue weighted by molar-refractivity contribution is -0.139. The normalized spacial score (nSPS) is 12.3. The predicted molar refractivity (Wildman–Crippen MR) is 109 cm³/mol. The number of aliphatic carboxylic acids is 1. The maximum atomic E-state index is 11.9. The molecule has 0 aliphatic rings. The first-order chi connectivity index (χ1) is 12.5. The van der Waals surface area contributed by atoms with E-state index in [1.165, 1.54) is 0 Å². The minimum atomic E-state index is -1.12. The molecular weight excluding hydrogens is 434 g/mol. The molecule has 2 aromatic rings. The van der Waals surface area contributed by atoms with E-state index in [0.29, 0.717) is 5.02 Å². The summed E-state index contributed by atoms with van der Waals surface area (Å²) in [6.07, 6.45) is -0.611. The summed E-state index contributed by atoms with van der Waals surface area (Å²) in [5.41, 5.74) is 1.97. The monoisotopic (exact) mass is 453 g/mol. The number of alkyl carbamates (subject to hydrolysis) is 1. The van der Waals surface area contributed by atoms with Gasteiger partial charge < -0.3 is 15.2 Å². The van der Waals surface area contributed by atoms with Gasteiger partial charge in [-0.05, 0) is 55.7 Å². The Morgan fingerprint density at radius 2 is 1.81 bits per heavy atom. The maximum Gasteiger partial charge on any atom is 0.408 e. The number of carbonyl (C=O) groups excluding carboxylic acids is 1. The number of rotatable bonds is 5. The van der Waals surface area contributed by atoms with Gasteiger partial charge in [0.15, 0.2) is 0 Å². The molecule has 144 valence electrons. The average Bonchev–Trinajstić information content (AvgIpc) is 2.55. The molecule has 0 saturated heterocycles. The number of hydrogen-bond acceptors (Lipinski definition) is 3. The highest BCUT2D eigenvalue weighted by molar-refractivity contribution is 9.10. The highest BCUT2D eigenvalue weighted by Crippen LogP contribution is 2.31. The van der Waals surface area contributed by atoms with Crippen LogP contribution in [-0.2, 0) is 16.0 Å². The van der Waals surface area contributed by atoms with Gasteiger partial charge in [0.05, 0.1) is 0 Å². The second-order valence-corrected chi connectivity index (χ2v) is 8.35. The molecule has 0 saturated carbocycles. The molecule has 0 spiro atoms. The van der Waals surface area contributed by atoms with E-state index < -0.39 is 23.7 Å². The van der Waals surface area contributed by atoms with Crippen molar-refractivity contribution in [3.63, 3.8) is 0 Å². The fraction of sp³-hybridized carbons (Fsp3) is 0.300. The first kappa shape index (κ1) is 21.3. The summed E-state index contributed by atoms with van der Waals surface area (Å²) in [5.74, 6) is -1.12. The van der Waals surface area contributed by atoms with Gasteiger partial charge in [0.2, 0.25) is 0 Å². The van der Waals surface area contributed by atoms with Crippen LogP contribution >= 0.6 is 27.5 Å². The van der Waals surface area contributed by atoms with E-state index in [4.69, 9.17) is 16.3 Å². The second-order valence-electron chi connectivity index (χ2n) is 7.06. The summed E-state index contributed by atoms with van der Waals surface area (Å²) in [6.45, 7) is 5.15. The van der Waals surface area contributed by atoms with E-state index in [2.05, 4.69) is 21.2 Å². The standard InChI is InChI=1S/C20H21BrClNO4/c1-20(2,3)27-19(26)23-17(18(24)25)10-12-4-6-13(7-5-12)15-11-14(22)8-9-16(15)21/h4-9,11,17H,10H2,1-3H3,(H,23,26)(H,24,25)/t17-/m1/s1. The van der Waals surface area contributed by atoms with Crippen LogP contribution in [0.25, 0.3) is 11.1 Å². The molecule has 0 bridgehead atoms. The largest absolute Gasteiger partial charge is 0.480 e. The molecule has 1 atom stereocenters. The summed E-state index contributed by atoms with van der Waals surface area (Å²) in [6, 6.07) is 11.9. The third-order valence-electron chi connectivity index (χ3n) is 3.62. The highest BCUT2D eigenvalue weighted by atomic mass is 79.9. The molecule has 5 nitrogen and oxygen atoms in total. The number of carboxylic acids is 1. The molecule has 0 fully saturated rings. The van der Waals surface area contributed by atoms with Crippen LogP contribution < -0.4 is 5.32 Å². The zero-order valence-electron chi connectivity index (χ0n) is 15.3. The summed E-state index contributed by atoms with van der Waals surface area (Å²) < 4.78 is 6.04. The van der Waals surface area contributed by atoms with Crippen LogP contribution in [-0.4, -0.2) is 28.8 Å². The topological polar surface area (TPSA) is 75.6 Å². The minimum Gasteiger partial charge on any atom is -0.480 e. The maximum absolute atomic E-state index is 11.9. The molecule has 0 aliphatic heterocycles. The molecule has 2 rings (SSSR count). The fourth-order valence-corrected chi connectivity index (χ4v) is 3.07. The number of ether oxygens (including phenoxy) is 1. The number of nitrogens with one attached hydrogen (secondary N) is 1. The Bertz CT molecular complexity index is 831. The first-order valence-electron chi connectivity index (χ1n) is 8.32. The van der Waals surface area contributed by atoms with Crippen molar-refractivity contribution >= 4 is 39.6 Å². The third kappa shape index (κ3) is 6.56. The van der Waals surface area contributed by atoms with Crippen LogP contribution in [0.5, 0.6) is 0 Å². The Kier molecular flexibility index (Phi) is 6.89. The number of carboxylic acid groups (broad SMARTS) is 1. The zero-order valence-corrected chi connectivity index (χ0v) is 17.6. The molecule has 0 heterocycles. The van der Waals surface area contributed by atoms with Crippen molar-refractivity contribution in [1.29, 1.82) is 0 Å². The molecule has 27 heavy (non-hydrogen) atoms. The first-order valence-corrected chi connectivity index (χ1v) is 9.49. The smallest absolute Gasteiger partial charge is 0.408 e. The number of benzene rings is 2. The third-order valence-corrected chi connectivity index (χ3v) is 4.55. The molecule has 1 amide bonds. The van der Waals surface area contributed by atoms with E-state index in [1.54, 1.807) is 26.8 Å². The Balaban J connectivity index is 2.12. The molecule has 2 aromatic carbocycles. The number of hydrogen-bond donors (Lipinski definition) is 2. The lowest BCUT2D eigenvalue weighted by atomic mass is 10.0. The van der Waals surface area contributed by atoms with Gasteiger partial charge in [0.1, 0.15) is 11.6 Å². The van der Waals surface area contributed by atoms with Gasteiger partial charge in [-0.3, -0.25) is 0 Å². The SMILES string of the molecule is CC(C)(C)OC(=O)N[C@H](Cc1ccc(-c2cc(Cl)ccc2Br)cc1)C(=O)O. The fourth-order valence-electron chi connectivity index (χ4n) is 2.42. The van der Waals surface area contributed by atoms with Crippen molar-refractivity contribution in [2.75, 3.05) is 0 Å². The summed E-state index contributed by atoms with van der Waals surface area (Å²) in [7, 11) is 0. The van der Waals surface area contributed by atoms with Crippen molar-refractivity contribution in [2.45, 2.75) is 38.8 Å². The van der Waals surface area contributed by atoms with Crippen LogP contribution in [0.2, 0.25) is 5.02 Å². The van der Waals surface area contributed by atoms with Crippen LogP contribution in [0, 0.1) is 0 Å². The highest BCUT2D eigenvalue weighted by Gasteiger charge is 2.24. The number of halogens is 2. The zero-order chi connectivity index (χ0) is 20.2. The van der Waals surface area contributed by atoms with E-state index in [9.17, 15) is 14.7 Å². The van der Waals surface area contributed by atoms with E-state index in [0.717, 1.165) is 21.2 Å². The summed E-state index contributed by atoms with van der Waals surface area (Å²) in [4.78, 5) is 23.3. The van der Waals surface area contributed by atoms with Gasteiger partial charge in [-0.2, -0.15) is 0 Å². The van der Waals surface area contributed by atoms with Crippen molar-refractivity contribution in [3.8, 4) is 11.1 Å². The van der Waals surface area contributed by atoms with Gasteiger partial charge in [-0.25, -0.2) is 9.59 Å². The van der Waals surface area contributed by atoms with Crippen LogP contribution in [0.1, 0.15) is 26.3 Å². The molecule has 0 aromatic heterocycles. The van der Waals surface area contributed by atoms with Gasteiger partial charge in [-0.15, -0.1) is 0 Å². The summed E-state index contributed by atoms with van der Waals surface area (Å²) >= 11 is 9.56. The summed E-state index contributed by atoms with van der Waals surface area (Å²) in [5, 5.41) is 12.4. The van der Waals surface area contributed by atoms with Gasteiger partial charge in [0, 0.05) is 15.9 Å². The lowest BCUT2D eigenvalue weighted by Crippen LogP contribution is -2.44. The van der Waals surface area contributed by atoms with Crippen LogP contribution in [0.4, 0.5) is 4.79 Å². The van der Waals surface area contributed by atoms with Crippen molar-refractivity contribution in [1.82, 2.24) is 5.32 Å². The van der Waals surface area contributed by atoms with Crippen molar-refractivity contribution in [3.05, 3.63) is 57.5 Å². The molecule has 0 radical (unpaired) electrons. The lowest BCUT2D eigenvalue weighted by Gasteiger charge is -2.22. The number of amides is 1. The Morgan fingerprint density at radius 1 is 1.19 bits per heavy atom. The van der Waals surface area contributed by atoms with E-state index >= 15 is 0 Å². The Labute approximate surface area is 171 Å². The minimum absolute atomic E-state index is 0.144. The number of carbonyl (C=O) groups is 2. The molecule has 0 unspecified atom stereocenters. The predicted octanol–water partition coefficient (Wildman–Crippen LogP) is 5.29. The quantitative estimate of drug-likeness (QED) is 0.643. The second kappa shape index (κ2) is 8.76. The van der Waals surface area contributed by atoms with E-state index in [-0.39, 0.29) is 6.42 Å².